The van der Waals surface area contributed by atoms with Crippen molar-refractivity contribution >= 4 is 11.8 Å². The minimum Gasteiger partial charge on any atom is -0.478 e. The first-order valence-electron chi connectivity index (χ1n) is 8.57. The van der Waals surface area contributed by atoms with E-state index in [1.54, 1.807) is 6.07 Å². The van der Waals surface area contributed by atoms with Crippen molar-refractivity contribution in [2.45, 2.75) is 39.2 Å². The van der Waals surface area contributed by atoms with Gasteiger partial charge in [0.25, 0.3) is 5.91 Å². The molecular weight excluding hydrogens is 335 g/mol. The molecule has 6 heteroatoms. The third kappa shape index (κ3) is 5.88. The Balaban J connectivity index is 1.73. The topological polar surface area (TPSA) is 67.4 Å². The van der Waals surface area contributed by atoms with Crippen molar-refractivity contribution in [1.82, 2.24) is 10.9 Å². The number of aryl methyl sites for hydroxylation is 2. The number of amides is 2. The molecule has 1 unspecified atom stereocenters. The molecule has 2 N–H and O–H groups in total. The molecule has 1 atom stereocenters. The van der Waals surface area contributed by atoms with Crippen LogP contribution in [0.3, 0.4) is 0 Å². The molecule has 0 spiro atoms. The van der Waals surface area contributed by atoms with E-state index in [1.165, 1.54) is 30.7 Å². The molecule has 0 aliphatic rings. The second kappa shape index (κ2) is 9.56. The summed E-state index contributed by atoms with van der Waals surface area (Å²) >= 11 is 0. The molecule has 0 aromatic heterocycles. The maximum Gasteiger partial charge on any atom is 0.279 e. The van der Waals surface area contributed by atoms with Gasteiger partial charge in [-0.25, -0.2) is 4.39 Å². The standard InChI is InChI=1S/C20H23FN2O3/c1-3-15-8-10-16(11-9-15)12-13-19(24)22-23-20(25)14(2)26-18-7-5-4-6-17(18)21/h4-11,14H,3,12-13H2,1-2H3,(H,22,24)(H,23,25). The number of hydrazine groups is 1. The zero-order chi connectivity index (χ0) is 18.9. The molecule has 2 amide bonds. The predicted octanol–water partition coefficient (Wildman–Crippen LogP) is 2.94. The van der Waals surface area contributed by atoms with Gasteiger partial charge in [-0.3, -0.25) is 20.4 Å². The molecule has 2 aromatic rings. The molecule has 5 nitrogen and oxygen atoms in total. The molecule has 138 valence electrons. The van der Waals surface area contributed by atoms with Crippen molar-refractivity contribution in [1.29, 1.82) is 0 Å². The predicted molar refractivity (Wildman–Crippen MR) is 96.9 cm³/mol. The Morgan fingerprint density at radius 2 is 1.69 bits per heavy atom. The molecule has 0 saturated heterocycles. The maximum absolute atomic E-state index is 13.5. The highest BCUT2D eigenvalue weighted by atomic mass is 19.1. The lowest BCUT2D eigenvalue weighted by Crippen LogP contribution is -2.47. The van der Waals surface area contributed by atoms with Crippen LogP contribution in [0.25, 0.3) is 0 Å². The zero-order valence-corrected chi connectivity index (χ0v) is 14.9. The molecule has 0 bridgehead atoms. The van der Waals surface area contributed by atoms with E-state index < -0.39 is 17.8 Å². The van der Waals surface area contributed by atoms with Gasteiger partial charge in [-0.1, -0.05) is 43.3 Å². The van der Waals surface area contributed by atoms with Crippen LogP contribution >= 0.6 is 0 Å². The van der Waals surface area contributed by atoms with E-state index in [2.05, 4.69) is 17.8 Å². The van der Waals surface area contributed by atoms with Gasteiger partial charge >= 0.3 is 0 Å². The van der Waals surface area contributed by atoms with E-state index in [4.69, 9.17) is 4.74 Å². The van der Waals surface area contributed by atoms with E-state index in [1.807, 2.05) is 24.3 Å². The normalized spacial score (nSPS) is 11.5. The number of rotatable bonds is 7. The van der Waals surface area contributed by atoms with Crippen LogP contribution in [0.15, 0.2) is 48.5 Å². The van der Waals surface area contributed by atoms with Gasteiger partial charge in [0, 0.05) is 6.42 Å². The number of halogens is 1. The van der Waals surface area contributed by atoms with Gasteiger partial charge in [-0.05, 0) is 43.0 Å². The molecule has 2 rings (SSSR count). The average Bonchev–Trinajstić information content (AvgIpc) is 2.66. The largest absolute Gasteiger partial charge is 0.478 e. The van der Waals surface area contributed by atoms with Crippen molar-refractivity contribution in [3.63, 3.8) is 0 Å². The Hall–Kier alpha value is -2.89. The quantitative estimate of drug-likeness (QED) is 0.748. The van der Waals surface area contributed by atoms with E-state index >= 15 is 0 Å². The number of nitrogens with one attached hydrogen (secondary N) is 2. The second-order valence-corrected chi connectivity index (χ2v) is 5.90. The van der Waals surface area contributed by atoms with Crippen LogP contribution in [-0.4, -0.2) is 17.9 Å². The van der Waals surface area contributed by atoms with Crippen LogP contribution in [0.5, 0.6) is 5.75 Å². The van der Waals surface area contributed by atoms with Crippen LogP contribution in [0.1, 0.15) is 31.4 Å². The van der Waals surface area contributed by atoms with Crippen molar-refractivity contribution < 1.29 is 18.7 Å². The van der Waals surface area contributed by atoms with E-state index in [9.17, 15) is 14.0 Å². The van der Waals surface area contributed by atoms with Crippen LogP contribution in [-0.2, 0) is 22.4 Å². The van der Waals surface area contributed by atoms with Crippen LogP contribution in [0, 0.1) is 5.82 Å². The molecule has 0 aliphatic heterocycles. The number of carbonyl (C=O) groups excluding carboxylic acids is 2. The fourth-order valence-electron chi connectivity index (χ4n) is 2.28. The van der Waals surface area contributed by atoms with Crippen LogP contribution < -0.4 is 15.6 Å². The smallest absolute Gasteiger partial charge is 0.279 e. The van der Waals surface area contributed by atoms with Crippen LogP contribution in [0.4, 0.5) is 4.39 Å². The molecule has 2 aromatic carbocycles. The van der Waals surface area contributed by atoms with E-state index in [-0.39, 0.29) is 18.1 Å². The molecule has 26 heavy (non-hydrogen) atoms. The van der Waals surface area contributed by atoms with Crippen molar-refractivity contribution in [3.8, 4) is 5.75 Å². The Labute approximate surface area is 152 Å². The maximum atomic E-state index is 13.5. The van der Waals surface area contributed by atoms with Crippen LogP contribution in [0.2, 0.25) is 0 Å². The van der Waals surface area contributed by atoms with Gasteiger partial charge in [0.05, 0.1) is 0 Å². The van der Waals surface area contributed by atoms with Gasteiger partial charge in [0.1, 0.15) is 0 Å². The summed E-state index contributed by atoms with van der Waals surface area (Å²) in [5, 5.41) is 0. The summed E-state index contributed by atoms with van der Waals surface area (Å²) in [6.45, 7) is 3.56. The lowest BCUT2D eigenvalue weighted by molar-refractivity contribution is -0.132. The number of carbonyl (C=O) groups is 2. The van der Waals surface area contributed by atoms with E-state index in [0.29, 0.717) is 6.42 Å². The average molecular weight is 358 g/mol. The first-order valence-corrected chi connectivity index (χ1v) is 8.57. The fraction of sp³-hybridized carbons (Fsp3) is 0.300. The number of ether oxygens (including phenoxy) is 1. The molecule has 0 radical (unpaired) electrons. The van der Waals surface area contributed by atoms with Crippen molar-refractivity contribution in [2.24, 2.45) is 0 Å². The van der Waals surface area contributed by atoms with Gasteiger partial charge in [0.15, 0.2) is 17.7 Å². The fourth-order valence-corrected chi connectivity index (χ4v) is 2.28. The Morgan fingerprint density at radius 1 is 1.04 bits per heavy atom. The lowest BCUT2D eigenvalue weighted by Gasteiger charge is -2.15. The Kier molecular flexibility index (Phi) is 7.14. The third-order valence-corrected chi connectivity index (χ3v) is 3.91. The lowest BCUT2D eigenvalue weighted by atomic mass is 10.1. The summed E-state index contributed by atoms with van der Waals surface area (Å²) in [7, 11) is 0. The van der Waals surface area contributed by atoms with E-state index in [0.717, 1.165) is 12.0 Å². The minimum atomic E-state index is -0.950. The van der Waals surface area contributed by atoms with Gasteiger partial charge in [0.2, 0.25) is 5.91 Å². The Bertz CT molecular complexity index is 747. The number of para-hydroxylation sites is 1. The summed E-state index contributed by atoms with van der Waals surface area (Å²) in [6.07, 6.45) is 0.843. The summed E-state index contributed by atoms with van der Waals surface area (Å²) in [5.74, 6) is -1.44. The van der Waals surface area contributed by atoms with Gasteiger partial charge in [-0.2, -0.15) is 0 Å². The number of benzene rings is 2. The molecule has 0 aliphatic carbocycles. The summed E-state index contributed by atoms with van der Waals surface area (Å²) in [4.78, 5) is 23.8. The van der Waals surface area contributed by atoms with Gasteiger partial charge in [-0.15, -0.1) is 0 Å². The second-order valence-electron chi connectivity index (χ2n) is 5.90. The third-order valence-electron chi connectivity index (χ3n) is 3.91. The highest BCUT2D eigenvalue weighted by Crippen LogP contribution is 2.16. The summed E-state index contributed by atoms with van der Waals surface area (Å²) in [5.41, 5.74) is 6.94. The molecular formula is C20H23FN2O3. The van der Waals surface area contributed by atoms with Gasteiger partial charge < -0.3 is 4.74 Å². The molecule has 0 heterocycles. The first kappa shape index (κ1) is 19.4. The summed E-state index contributed by atoms with van der Waals surface area (Å²) in [6, 6.07) is 13.9. The molecule has 0 saturated carbocycles. The highest BCUT2D eigenvalue weighted by molar-refractivity contribution is 5.84. The first-order chi connectivity index (χ1) is 12.5. The number of hydrogen-bond acceptors (Lipinski definition) is 3. The zero-order valence-electron chi connectivity index (χ0n) is 14.9. The molecule has 0 fully saturated rings. The number of hydrogen-bond donors (Lipinski definition) is 2. The Morgan fingerprint density at radius 3 is 2.35 bits per heavy atom. The SMILES string of the molecule is CCc1ccc(CCC(=O)NNC(=O)C(C)Oc2ccccc2F)cc1. The highest BCUT2D eigenvalue weighted by Gasteiger charge is 2.17. The minimum absolute atomic E-state index is 0.0167. The monoisotopic (exact) mass is 358 g/mol. The van der Waals surface area contributed by atoms with Crippen molar-refractivity contribution in [2.75, 3.05) is 0 Å². The summed E-state index contributed by atoms with van der Waals surface area (Å²) < 4.78 is 18.8. The van der Waals surface area contributed by atoms with Crippen molar-refractivity contribution in [3.05, 3.63) is 65.5 Å².